The third-order valence-corrected chi connectivity index (χ3v) is 5.25. The molecule has 3 rings (SSSR count). The molecule has 4 heteroatoms. The van der Waals surface area contributed by atoms with Crippen molar-refractivity contribution in [2.75, 3.05) is 19.6 Å². The lowest BCUT2D eigenvalue weighted by Gasteiger charge is -2.31. The van der Waals surface area contributed by atoms with Gasteiger partial charge in [-0.1, -0.05) is 43.7 Å². The van der Waals surface area contributed by atoms with Crippen molar-refractivity contribution in [3.63, 3.8) is 0 Å². The fourth-order valence-electron chi connectivity index (χ4n) is 3.51. The molecule has 1 amide bonds. The highest BCUT2D eigenvalue weighted by Gasteiger charge is 2.22. The van der Waals surface area contributed by atoms with E-state index in [2.05, 4.69) is 44.0 Å². The summed E-state index contributed by atoms with van der Waals surface area (Å²) < 4.78 is 0. The van der Waals surface area contributed by atoms with Crippen molar-refractivity contribution in [3.05, 3.63) is 53.2 Å². The average Bonchev–Trinajstić information content (AvgIpc) is 2.66. The van der Waals surface area contributed by atoms with E-state index in [4.69, 9.17) is 4.98 Å². The molecule has 0 aliphatic carbocycles. The molecule has 0 spiro atoms. The molecule has 0 radical (unpaired) electrons. The monoisotopic (exact) mass is 365 g/mol. The number of carbonyl (C=O) groups excluding carboxylic acids is 1. The van der Waals surface area contributed by atoms with Gasteiger partial charge in [0.25, 0.3) is 5.91 Å². The SMILES string of the molecule is CC(C)=CCN1CCC(NC(=O)c2cc(C(C)C)nc3ccccc23)CC1. The number of allylic oxidation sites excluding steroid dienone is 1. The van der Waals surface area contributed by atoms with Gasteiger partial charge in [-0.15, -0.1) is 0 Å². The van der Waals surface area contributed by atoms with Crippen LogP contribution in [0, 0.1) is 0 Å². The average molecular weight is 366 g/mol. The van der Waals surface area contributed by atoms with Gasteiger partial charge in [0.2, 0.25) is 0 Å². The minimum Gasteiger partial charge on any atom is -0.349 e. The molecule has 1 fully saturated rings. The van der Waals surface area contributed by atoms with Crippen LogP contribution in [0.1, 0.15) is 62.5 Å². The van der Waals surface area contributed by atoms with E-state index in [1.165, 1.54) is 5.57 Å². The number of amides is 1. The minimum atomic E-state index is 0.0262. The van der Waals surface area contributed by atoms with Gasteiger partial charge in [0, 0.05) is 36.8 Å². The van der Waals surface area contributed by atoms with E-state index in [1.807, 2.05) is 30.3 Å². The van der Waals surface area contributed by atoms with Crippen molar-refractivity contribution in [1.29, 1.82) is 0 Å². The molecular formula is C23H31N3O. The van der Waals surface area contributed by atoms with Gasteiger partial charge in [0.15, 0.2) is 0 Å². The Kier molecular flexibility index (Phi) is 6.27. The summed E-state index contributed by atoms with van der Waals surface area (Å²) in [6.45, 7) is 11.6. The first-order valence-electron chi connectivity index (χ1n) is 10.0. The lowest BCUT2D eigenvalue weighted by atomic mass is 10.0. The summed E-state index contributed by atoms with van der Waals surface area (Å²) in [5.41, 5.74) is 3.97. The maximum Gasteiger partial charge on any atom is 0.252 e. The zero-order valence-corrected chi connectivity index (χ0v) is 17.0. The molecule has 27 heavy (non-hydrogen) atoms. The third-order valence-electron chi connectivity index (χ3n) is 5.25. The Morgan fingerprint density at radius 3 is 2.63 bits per heavy atom. The standard InChI is InChI=1S/C23H31N3O/c1-16(2)9-12-26-13-10-18(11-14-26)24-23(27)20-15-22(17(3)4)25-21-8-6-5-7-19(20)21/h5-9,15,17-18H,10-14H2,1-4H3,(H,24,27). The summed E-state index contributed by atoms with van der Waals surface area (Å²) in [7, 11) is 0. The topological polar surface area (TPSA) is 45.2 Å². The Morgan fingerprint density at radius 2 is 1.96 bits per heavy atom. The number of hydrogen-bond acceptors (Lipinski definition) is 3. The van der Waals surface area contributed by atoms with E-state index in [9.17, 15) is 4.79 Å². The van der Waals surface area contributed by atoms with Crippen LogP contribution in [0.5, 0.6) is 0 Å². The first-order chi connectivity index (χ1) is 12.9. The maximum atomic E-state index is 13.0. The zero-order chi connectivity index (χ0) is 19.4. The molecule has 1 aliphatic heterocycles. The van der Waals surface area contributed by atoms with Crippen LogP contribution in [-0.2, 0) is 0 Å². The molecule has 144 valence electrons. The number of benzene rings is 1. The van der Waals surface area contributed by atoms with Crippen LogP contribution >= 0.6 is 0 Å². The van der Waals surface area contributed by atoms with Gasteiger partial charge in [-0.25, -0.2) is 0 Å². The van der Waals surface area contributed by atoms with Crippen molar-refractivity contribution in [3.8, 4) is 0 Å². The predicted octanol–water partition coefficient (Wildman–Crippen LogP) is 4.52. The van der Waals surface area contributed by atoms with Crippen LogP contribution in [0.4, 0.5) is 0 Å². The Morgan fingerprint density at radius 1 is 1.26 bits per heavy atom. The highest BCUT2D eigenvalue weighted by Crippen LogP contribution is 2.23. The van der Waals surface area contributed by atoms with Gasteiger partial charge in [-0.05, 0) is 44.7 Å². The second-order valence-corrected chi connectivity index (χ2v) is 8.10. The largest absolute Gasteiger partial charge is 0.349 e. The Hall–Kier alpha value is -2.20. The first kappa shape index (κ1) is 19.6. The van der Waals surface area contributed by atoms with Crippen molar-refractivity contribution >= 4 is 16.8 Å². The van der Waals surface area contributed by atoms with E-state index in [0.717, 1.165) is 54.6 Å². The first-order valence-corrected chi connectivity index (χ1v) is 10.0. The number of aromatic nitrogens is 1. The summed E-state index contributed by atoms with van der Waals surface area (Å²) in [4.78, 5) is 20.2. The Labute approximate surface area is 162 Å². The van der Waals surface area contributed by atoms with E-state index >= 15 is 0 Å². The van der Waals surface area contributed by atoms with Crippen LogP contribution in [0.2, 0.25) is 0 Å². The van der Waals surface area contributed by atoms with Gasteiger partial charge in [0.05, 0.1) is 11.1 Å². The van der Waals surface area contributed by atoms with Gasteiger partial charge in [-0.2, -0.15) is 0 Å². The second kappa shape index (κ2) is 8.66. The number of rotatable bonds is 5. The smallest absolute Gasteiger partial charge is 0.252 e. The molecule has 0 unspecified atom stereocenters. The van der Waals surface area contributed by atoms with Crippen LogP contribution in [0.25, 0.3) is 10.9 Å². The highest BCUT2D eigenvalue weighted by molar-refractivity contribution is 6.06. The number of carbonyl (C=O) groups is 1. The molecule has 0 saturated carbocycles. The Bertz CT molecular complexity index is 829. The second-order valence-electron chi connectivity index (χ2n) is 8.10. The molecular weight excluding hydrogens is 334 g/mol. The van der Waals surface area contributed by atoms with E-state index in [0.29, 0.717) is 5.92 Å². The lowest BCUT2D eigenvalue weighted by Crippen LogP contribution is -2.44. The summed E-state index contributed by atoms with van der Waals surface area (Å²) in [6, 6.07) is 10.1. The van der Waals surface area contributed by atoms with Gasteiger partial charge >= 0.3 is 0 Å². The quantitative estimate of drug-likeness (QED) is 0.793. The molecule has 1 saturated heterocycles. The van der Waals surface area contributed by atoms with E-state index in [1.54, 1.807) is 0 Å². The number of fused-ring (bicyclic) bond motifs is 1. The number of para-hydroxylation sites is 1. The van der Waals surface area contributed by atoms with Crippen molar-refractivity contribution in [2.45, 2.75) is 52.5 Å². The van der Waals surface area contributed by atoms with E-state index < -0.39 is 0 Å². The number of nitrogens with one attached hydrogen (secondary N) is 1. The predicted molar refractivity (Wildman–Crippen MR) is 112 cm³/mol. The van der Waals surface area contributed by atoms with Gasteiger partial charge in [0.1, 0.15) is 0 Å². The number of pyridine rings is 1. The van der Waals surface area contributed by atoms with E-state index in [-0.39, 0.29) is 11.9 Å². The van der Waals surface area contributed by atoms with Crippen molar-refractivity contribution < 1.29 is 4.79 Å². The number of nitrogens with zero attached hydrogens (tertiary/aromatic N) is 2. The fourth-order valence-corrected chi connectivity index (χ4v) is 3.51. The molecule has 2 heterocycles. The van der Waals surface area contributed by atoms with Crippen LogP contribution in [0.3, 0.4) is 0 Å². The van der Waals surface area contributed by atoms with Gasteiger partial charge < -0.3 is 5.32 Å². The van der Waals surface area contributed by atoms with Crippen LogP contribution < -0.4 is 5.32 Å². The summed E-state index contributed by atoms with van der Waals surface area (Å²) in [5, 5.41) is 4.20. The third kappa shape index (κ3) is 4.95. The molecule has 1 aliphatic rings. The van der Waals surface area contributed by atoms with Gasteiger partial charge in [-0.3, -0.25) is 14.7 Å². The van der Waals surface area contributed by atoms with Crippen LogP contribution in [0.15, 0.2) is 42.0 Å². The fraction of sp³-hybridized carbons (Fsp3) is 0.478. The molecule has 1 aromatic carbocycles. The molecule has 4 nitrogen and oxygen atoms in total. The number of hydrogen-bond donors (Lipinski definition) is 1. The number of likely N-dealkylation sites (tertiary alicyclic amines) is 1. The highest BCUT2D eigenvalue weighted by atomic mass is 16.1. The summed E-state index contributed by atoms with van der Waals surface area (Å²) in [5.74, 6) is 0.317. The minimum absolute atomic E-state index is 0.0262. The lowest BCUT2D eigenvalue weighted by molar-refractivity contribution is 0.0915. The maximum absolute atomic E-state index is 13.0. The summed E-state index contributed by atoms with van der Waals surface area (Å²) >= 11 is 0. The van der Waals surface area contributed by atoms with Crippen molar-refractivity contribution in [1.82, 2.24) is 15.2 Å². The molecule has 0 atom stereocenters. The van der Waals surface area contributed by atoms with Crippen molar-refractivity contribution in [2.24, 2.45) is 0 Å². The van der Waals surface area contributed by atoms with Crippen LogP contribution in [-0.4, -0.2) is 41.5 Å². The summed E-state index contributed by atoms with van der Waals surface area (Å²) in [6.07, 6.45) is 4.28. The normalized spacial score (nSPS) is 15.9. The number of piperidine rings is 1. The molecule has 0 bridgehead atoms. The zero-order valence-electron chi connectivity index (χ0n) is 17.0. The Balaban J connectivity index is 1.71. The molecule has 1 aromatic heterocycles. The molecule has 2 aromatic rings. The molecule has 1 N–H and O–H groups in total.